The Bertz CT molecular complexity index is 910. The van der Waals surface area contributed by atoms with Crippen LogP contribution < -0.4 is 0 Å². The molecule has 158 valence electrons. The first-order valence-electron chi connectivity index (χ1n) is 10.3. The Morgan fingerprint density at radius 1 is 1.38 bits per heavy atom. The molecule has 6 heteroatoms. The zero-order valence-corrected chi connectivity index (χ0v) is 19.5. The smallest absolute Gasteiger partial charge is 0.414 e. The normalized spacial score (nSPS) is 17.9. The third-order valence-corrected chi connectivity index (χ3v) is 6.13. The lowest BCUT2D eigenvalue weighted by atomic mass is 9.98. The molecule has 1 atom stereocenters. The minimum Gasteiger partial charge on any atom is -0.443 e. The van der Waals surface area contributed by atoms with Crippen LogP contribution in [0.3, 0.4) is 0 Å². The van der Waals surface area contributed by atoms with Crippen molar-refractivity contribution in [3.63, 3.8) is 0 Å². The predicted molar refractivity (Wildman–Crippen MR) is 121 cm³/mol. The number of thiazole rings is 1. The number of carbonyl (C=O) groups excluding carboxylic acids is 1. The van der Waals surface area contributed by atoms with Gasteiger partial charge in [-0.05, 0) is 66.1 Å². The Morgan fingerprint density at radius 2 is 2.10 bits per heavy atom. The van der Waals surface area contributed by atoms with E-state index in [2.05, 4.69) is 57.0 Å². The molecule has 5 nitrogen and oxygen atoms in total. The summed E-state index contributed by atoms with van der Waals surface area (Å²) in [6, 6.07) is 6.79. The molecule has 0 saturated carbocycles. The van der Waals surface area contributed by atoms with Crippen molar-refractivity contribution in [3.8, 4) is 0 Å². The molecular formula is C23H33N3O2S. The molecule has 1 amide bonds. The van der Waals surface area contributed by atoms with E-state index in [1.807, 2.05) is 20.8 Å². The van der Waals surface area contributed by atoms with E-state index in [0.717, 1.165) is 34.8 Å². The average Bonchev–Trinajstić information content (AvgIpc) is 3.01. The number of hydrogen-bond acceptors (Lipinski definition) is 5. The van der Waals surface area contributed by atoms with Gasteiger partial charge in [0, 0.05) is 18.2 Å². The lowest BCUT2D eigenvalue weighted by Crippen LogP contribution is -2.39. The van der Waals surface area contributed by atoms with E-state index in [9.17, 15) is 4.79 Å². The highest BCUT2D eigenvalue weighted by Gasteiger charge is 2.29. The van der Waals surface area contributed by atoms with E-state index in [1.54, 1.807) is 16.2 Å². The van der Waals surface area contributed by atoms with E-state index in [4.69, 9.17) is 9.72 Å². The molecule has 1 aromatic carbocycles. The topological polar surface area (TPSA) is 45.7 Å². The van der Waals surface area contributed by atoms with Crippen LogP contribution in [0.4, 0.5) is 4.79 Å². The largest absolute Gasteiger partial charge is 0.443 e. The molecule has 0 fully saturated rings. The molecular weight excluding hydrogens is 382 g/mol. The maximum absolute atomic E-state index is 12.8. The predicted octanol–water partition coefficient (Wildman–Crippen LogP) is 5.75. The molecule has 3 rings (SSSR count). The summed E-state index contributed by atoms with van der Waals surface area (Å²) < 4.78 is 6.84. The molecule has 1 aromatic heterocycles. The van der Waals surface area contributed by atoms with Crippen LogP contribution in [0, 0.1) is 5.92 Å². The summed E-state index contributed by atoms with van der Waals surface area (Å²) in [6.45, 7) is 13.7. The monoisotopic (exact) mass is 415 g/mol. The van der Waals surface area contributed by atoms with Gasteiger partial charge in [0.25, 0.3) is 0 Å². The van der Waals surface area contributed by atoms with Crippen molar-refractivity contribution in [2.75, 3.05) is 13.6 Å². The maximum atomic E-state index is 12.8. The van der Waals surface area contributed by atoms with Gasteiger partial charge in [-0.25, -0.2) is 9.78 Å². The number of rotatable bonds is 4. The number of allylic oxidation sites excluding steroid dienone is 1. The lowest BCUT2D eigenvalue weighted by molar-refractivity contribution is 0.0327. The minimum atomic E-state index is -0.515. The summed E-state index contributed by atoms with van der Waals surface area (Å²) in [4.78, 5) is 21.8. The van der Waals surface area contributed by atoms with Gasteiger partial charge >= 0.3 is 6.09 Å². The fraction of sp³-hybridized carbons (Fsp3) is 0.565. The summed E-state index contributed by atoms with van der Waals surface area (Å²) in [7, 11) is 2.12. The van der Waals surface area contributed by atoms with Gasteiger partial charge in [0.05, 0.1) is 22.5 Å². The maximum Gasteiger partial charge on any atom is 0.414 e. The van der Waals surface area contributed by atoms with Crippen molar-refractivity contribution >= 4 is 33.3 Å². The van der Waals surface area contributed by atoms with Gasteiger partial charge in [0.2, 0.25) is 0 Å². The Balaban J connectivity index is 1.89. The van der Waals surface area contributed by atoms with Crippen molar-refractivity contribution in [1.29, 1.82) is 0 Å². The Hall–Kier alpha value is -1.92. The quantitative estimate of drug-likeness (QED) is 0.637. The second kappa shape index (κ2) is 8.44. The average molecular weight is 416 g/mol. The molecule has 1 aliphatic heterocycles. The molecule has 2 heterocycles. The number of aromatic nitrogens is 1. The number of hydrogen-bond donors (Lipinski definition) is 0. The molecule has 0 spiro atoms. The zero-order valence-electron chi connectivity index (χ0n) is 18.7. The summed E-state index contributed by atoms with van der Waals surface area (Å²) >= 11 is 1.74. The molecule has 29 heavy (non-hydrogen) atoms. The van der Waals surface area contributed by atoms with Gasteiger partial charge in [-0.3, -0.25) is 9.80 Å². The molecule has 0 unspecified atom stereocenters. The number of fused-ring (bicyclic) bond motifs is 1. The van der Waals surface area contributed by atoms with Gasteiger partial charge in [-0.1, -0.05) is 19.1 Å². The first-order chi connectivity index (χ1) is 13.5. The highest BCUT2D eigenvalue weighted by molar-refractivity contribution is 7.18. The lowest BCUT2D eigenvalue weighted by Gasteiger charge is -2.33. The third kappa shape index (κ3) is 5.37. The second-order valence-electron chi connectivity index (χ2n) is 9.32. The van der Waals surface area contributed by atoms with Gasteiger partial charge in [0.15, 0.2) is 0 Å². The van der Waals surface area contributed by atoms with Crippen LogP contribution in [0.1, 0.15) is 58.5 Å². The highest BCUT2D eigenvalue weighted by Crippen LogP contribution is 2.32. The van der Waals surface area contributed by atoms with Gasteiger partial charge in [0.1, 0.15) is 10.6 Å². The SMILES string of the molecule is CC(C)N(C)Cc1nc2cc(C3=CC[C@H](C)CN3C(=O)OC(C)(C)C)ccc2s1. The summed E-state index contributed by atoms with van der Waals surface area (Å²) in [6.07, 6.45) is 2.82. The van der Waals surface area contributed by atoms with Crippen molar-refractivity contribution < 1.29 is 9.53 Å². The summed E-state index contributed by atoms with van der Waals surface area (Å²) in [5, 5.41) is 1.11. The van der Waals surface area contributed by atoms with Crippen molar-refractivity contribution in [2.45, 2.75) is 66.2 Å². The van der Waals surface area contributed by atoms with E-state index < -0.39 is 5.60 Å². The molecule has 0 N–H and O–H groups in total. The van der Waals surface area contributed by atoms with E-state index in [0.29, 0.717) is 18.5 Å². The Labute approximate surface area is 178 Å². The van der Waals surface area contributed by atoms with Crippen molar-refractivity contribution in [1.82, 2.24) is 14.8 Å². The van der Waals surface area contributed by atoms with Crippen LogP contribution in [0.5, 0.6) is 0 Å². The number of amides is 1. The molecule has 1 aliphatic rings. The van der Waals surface area contributed by atoms with Crippen LogP contribution in [0.15, 0.2) is 24.3 Å². The highest BCUT2D eigenvalue weighted by atomic mass is 32.1. The van der Waals surface area contributed by atoms with Gasteiger partial charge in [-0.2, -0.15) is 0 Å². The third-order valence-electron chi connectivity index (χ3n) is 5.11. The number of ether oxygens (including phenoxy) is 1. The summed E-state index contributed by atoms with van der Waals surface area (Å²) in [5.74, 6) is 0.410. The van der Waals surface area contributed by atoms with Crippen LogP contribution in [0.2, 0.25) is 0 Å². The van der Waals surface area contributed by atoms with E-state index >= 15 is 0 Å². The minimum absolute atomic E-state index is 0.284. The molecule has 0 bridgehead atoms. The Morgan fingerprint density at radius 3 is 2.76 bits per heavy atom. The first-order valence-corrected chi connectivity index (χ1v) is 11.2. The number of carbonyl (C=O) groups is 1. The summed E-state index contributed by atoms with van der Waals surface area (Å²) in [5.41, 5.74) is 2.42. The molecule has 0 aliphatic carbocycles. The van der Waals surface area contributed by atoms with Crippen molar-refractivity contribution in [3.05, 3.63) is 34.8 Å². The van der Waals surface area contributed by atoms with Crippen LogP contribution >= 0.6 is 11.3 Å². The van der Waals surface area contributed by atoms with Crippen molar-refractivity contribution in [2.24, 2.45) is 5.92 Å². The van der Waals surface area contributed by atoms with Gasteiger partial charge in [-0.15, -0.1) is 11.3 Å². The van der Waals surface area contributed by atoms with Crippen LogP contribution in [-0.2, 0) is 11.3 Å². The molecule has 2 aromatic rings. The fourth-order valence-corrected chi connectivity index (χ4v) is 4.28. The van der Waals surface area contributed by atoms with Crippen LogP contribution in [0.25, 0.3) is 15.9 Å². The molecule has 0 radical (unpaired) electrons. The number of benzene rings is 1. The second-order valence-corrected chi connectivity index (χ2v) is 10.4. The molecule has 0 saturated heterocycles. The first kappa shape index (κ1) is 21.8. The van der Waals surface area contributed by atoms with E-state index in [1.165, 1.54) is 4.70 Å². The standard InChI is InChI=1S/C23H33N3O2S/c1-15(2)25(7)14-21-24-18-12-17(9-11-20(18)29-21)19-10-8-16(3)13-26(19)22(27)28-23(4,5)6/h9-12,15-16H,8,13-14H2,1-7H3/t16-/m0/s1. The fourth-order valence-electron chi connectivity index (χ4n) is 3.27. The van der Waals surface area contributed by atoms with Crippen LogP contribution in [-0.4, -0.2) is 46.1 Å². The van der Waals surface area contributed by atoms with E-state index in [-0.39, 0.29) is 6.09 Å². The zero-order chi connectivity index (χ0) is 21.3. The Kier molecular flexibility index (Phi) is 6.34. The number of nitrogens with zero attached hydrogens (tertiary/aromatic N) is 3. The van der Waals surface area contributed by atoms with Gasteiger partial charge < -0.3 is 4.74 Å².